The van der Waals surface area contributed by atoms with Crippen LogP contribution < -0.4 is 15.2 Å². The number of hydrogen-bond donors (Lipinski definition) is 1. The minimum absolute atomic E-state index is 0.0955. The summed E-state index contributed by atoms with van der Waals surface area (Å²) in [5.41, 5.74) is 6.11. The highest BCUT2D eigenvalue weighted by molar-refractivity contribution is 5.58. The van der Waals surface area contributed by atoms with E-state index in [1.54, 1.807) is 13.0 Å². The molecule has 0 aliphatic rings. The Morgan fingerprint density at radius 3 is 2.65 bits per heavy atom. The first-order valence-electron chi connectivity index (χ1n) is 5.32. The number of nitro groups is 1. The molecular weight excluding hydrogens is 224 g/mol. The average molecular weight is 240 g/mol. The first-order chi connectivity index (χ1) is 8.13. The van der Waals surface area contributed by atoms with E-state index < -0.39 is 4.92 Å². The fourth-order valence-electron chi connectivity index (χ4n) is 1.56. The lowest BCUT2D eigenvalue weighted by molar-refractivity contribution is -0.385. The van der Waals surface area contributed by atoms with E-state index in [1.165, 1.54) is 13.2 Å². The Morgan fingerprint density at radius 1 is 1.47 bits per heavy atom. The Labute approximate surface area is 99.5 Å². The van der Waals surface area contributed by atoms with Crippen LogP contribution in [0.5, 0.6) is 11.5 Å². The molecule has 1 aromatic rings. The Bertz CT molecular complexity index is 407. The molecular formula is C11H16N2O4. The van der Waals surface area contributed by atoms with E-state index in [9.17, 15) is 10.1 Å². The highest BCUT2D eigenvalue weighted by atomic mass is 16.6. The third kappa shape index (κ3) is 3.07. The molecule has 0 aliphatic carbocycles. The summed E-state index contributed by atoms with van der Waals surface area (Å²) >= 11 is 0. The van der Waals surface area contributed by atoms with E-state index in [4.69, 9.17) is 15.2 Å². The van der Waals surface area contributed by atoms with E-state index >= 15 is 0 Å². The summed E-state index contributed by atoms with van der Waals surface area (Å²) in [6.07, 6.45) is 0.560. The summed E-state index contributed by atoms with van der Waals surface area (Å²) in [6, 6.07) is 3.19. The largest absolute Gasteiger partial charge is 0.490 e. The van der Waals surface area contributed by atoms with Crippen molar-refractivity contribution in [3.05, 3.63) is 27.8 Å². The van der Waals surface area contributed by atoms with E-state index in [0.717, 1.165) is 5.56 Å². The molecule has 2 N–H and O–H groups in total. The molecule has 17 heavy (non-hydrogen) atoms. The topological polar surface area (TPSA) is 87.6 Å². The van der Waals surface area contributed by atoms with E-state index in [1.807, 2.05) is 0 Å². The normalized spacial score (nSPS) is 10.1. The van der Waals surface area contributed by atoms with Gasteiger partial charge in [-0.3, -0.25) is 10.1 Å². The van der Waals surface area contributed by atoms with Crippen LogP contribution in [0.25, 0.3) is 0 Å². The van der Waals surface area contributed by atoms with Gasteiger partial charge in [0.15, 0.2) is 5.75 Å². The second-order valence-corrected chi connectivity index (χ2v) is 3.38. The van der Waals surface area contributed by atoms with Crippen molar-refractivity contribution in [1.82, 2.24) is 0 Å². The number of nitro benzene ring substituents is 1. The maximum absolute atomic E-state index is 10.9. The molecule has 0 heterocycles. The Balaban J connectivity index is 3.29. The van der Waals surface area contributed by atoms with Gasteiger partial charge in [-0.15, -0.1) is 0 Å². The lowest BCUT2D eigenvalue weighted by atomic mass is 10.1. The van der Waals surface area contributed by atoms with Crippen molar-refractivity contribution in [3.63, 3.8) is 0 Å². The number of benzene rings is 1. The number of methoxy groups -OCH3 is 1. The zero-order valence-corrected chi connectivity index (χ0v) is 9.93. The van der Waals surface area contributed by atoms with Gasteiger partial charge in [-0.2, -0.15) is 0 Å². The highest BCUT2D eigenvalue weighted by Crippen LogP contribution is 2.38. The second-order valence-electron chi connectivity index (χ2n) is 3.38. The quantitative estimate of drug-likeness (QED) is 0.601. The van der Waals surface area contributed by atoms with Crippen LogP contribution in [0.15, 0.2) is 12.1 Å². The van der Waals surface area contributed by atoms with Crippen LogP contribution in [0, 0.1) is 10.1 Å². The first kappa shape index (κ1) is 13.2. The van der Waals surface area contributed by atoms with Crippen LogP contribution in [0.1, 0.15) is 12.5 Å². The van der Waals surface area contributed by atoms with Crippen LogP contribution in [0.4, 0.5) is 5.69 Å². The third-order valence-corrected chi connectivity index (χ3v) is 2.23. The van der Waals surface area contributed by atoms with Gasteiger partial charge in [-0.05, 0) is 31.5 Å². The molecule has 0 saturated heterocycles. The van der Waals surface area contributed by atoms with Gasteiger partial charge in [0.25, 0.3) is 0 Å². The standard InChI is InChI=1S/C11H16N2O4/c1-3-17-10-7-8(4-5-12)6-9(13(14)15)11(10)16-2/h6-7H,3-5,12H2,1-2H3. The number of ether oxygens (including phenoxy) is 2. The summed E-state index contributed by atoms with van der Waals surface area (Å²) < 4.78 is 10.4. The summed E-state index contributed by atoms with van der Waals surface area (Å²) in [5, 5.41) is 10.9. The molecule has 0 atom stereocenters. The smallest absolute Gasteiger partial charge is 0.315 e. The molecule has 0 saturated carbocycles. The summed E-state index contributed by atoms with van der Waals surface area (Å²) in [5.74, 6) is 0.533. The van der Waals surface area contributed by atoms with E-state index in [-0.39, 0.29) is 11.4 Å². The highest BCUT2D eigenvalue weighted by Gasteiger charge is 2.21. The van der Waals surface area contributed by atoms with E-state index in [0.29, 0.717) is 25.3 Å². The van der Waals surface area contributed by atoms with Gasteiger partial charge in [0.2, 0.25) is 5.75 Å². The van der Waals surface area contributed by atoms with Crippen molar-refractivity contribution in [3.8, 4) is 11.5 Å². The van der Waals surface area contributed by atoms with Gasteiger partial charge in [0, 0.05) is 6.07 Å². The Hall–Kier alpha value is -1.82. The zero-order chi connectivity index (χ0) is 12.8. The fourth-order valence-corrected chi connectivity index (χ4v) is 1.56. The van der Waals surface area contributed by atoms with Crippen molar-refractivity contribution in [2.45, 2.75) is 13.3 Å². The van der Waals surface area contributed by atoms with Crippen molar-refractivity contribution in [2.24, 2.45) is 5.73 Å². The Morgan fingerprint density at radius 2 is 2.18 bits per heavy atom. The molecule has 0 unspecified atom stereocenters. The molecule has 6 nitrogen and oxygen atoms in total. The molecule has 0 amide bonds. The maximum atomic E-state index is 10.9. The predicted octanol–water partition coefficient (Wildman–Crippen LogP) is 1.50. The zero-order valence-electron chi connectivity index (χ0n) is 9.93. The van der Waals surface area contributed by atoms with E-state index in [2.05, 4.69) is 0 Å². The number of hydrogen-bond acceptors (Lipinski definition) is 5. The second kappa shape index (κ2) is 6.05. The van der Waals surface area contributed by atoms with Gasteiger partial charge in [0.1, 0.15) is 0 Å². The van der Waals surface area contributed by atoms with Crippen molar-refractivity contribution in [2.75, 3.05) is 20.3 Å². The molecule has 0 spiro atoms. The van der Waals surface area contributed by atoms with Gasteiger partial charge in [-0.1, -0.05) is 0 Å². The summed E-state index contributed by atoms with van der Waals surface area (Å²) in [6.45, 7) is 2.65. The molecule has 0 radical (unpaired) electrons. The molecule has 0 fully saturated rings. The van der Waals surface area contributed by atoms with Gasteiger partial charge < -0.3 is 15.2 Å². The van der Waals surface area contributed by atoms with Crippen LogP contribution in [-0.4, -0.2) is 25.2 Å². The van der Waals surface area contributed by atoms with Crippen LogP contribution >= 0.6 is 0 Å². The van der Waals surface area contributed by atoms with Crippen molar-refractivity contribution >= 4 is 5.69 Å². The average Bonchev–Trinajstić information content (AvgIpc) is 2.29. The van der Waals surface area contributed by atoms with Crippen LogP contribution in [0.3, 0.4) is 0 Å². The van der Waals surface area contributed by atoms with Crippen molar-refractivity contribution in [1.29, 1.82) is 0 Å². The molecule has 0 aliphatic heterocycles. The summed E-state index contributed by atoms with van der Waals surface area (Å²) in [4.78, 5) is 10.4. The molecule has 94 valence electrons. The molecule has 6 heteroatoms. The Kier molecular flexibility index (Phi) is 4.71. The van der Waals surface area contributed by atoms with Crippen LogP contribution in [0.2, 0.25) is 0 Å². The molecule has 0 bridgehead atoms. The lowest BCUT2D eigenvalue weighted by Gasteiger charge is -2.11. The predicted molar refractivity (Wildman–Crippen MR) is 63.6 cm³/mol. The number of nitrogens with two attached hydrogens (primary N) is 1. The van der Waals surface area contributed by atoms with Gasteiger partial charge >= 0.3 is 5.69 Å². The third-order valence-electron chi connectivity index (χ3n) is 2.23. The SMILES string of the molecule is CCOc1cc(CCN)cc([N+](=O)[O-])c1OC. The van der Waals surface area contributed by atoms with Crippen molar-refractivity contribution < 1.29 is 14.4 Å². The van der Waals surface area contributed by atoms with Crippen LogP contribution in [-0.2, 0) is 6.42 Å². The fraction of sp³-hybridized carbons (Fsp3) is 0.455. The van der Waals surface area contributed by atoms with Gasteiger partial charge in [-0.25, -0.2) is 0 Å². The molecule has 0 aromatic heterocycles. The maximum Gasteiger partial charge on any atom is 0.315 e. The summed E-state index contributed by atoms with van der Waals surface area (Å²) in [7, 11) is 1.38. The van der Waals surface area contributed by atoms with Gasteiger partial charge in [0.05, 0.1) is 18.6 Å². The number of rotatable bonds is 6. The minimum atomic E-state index is -0.485. The lowest BCUT2D eigenvalue weighted by Crippen LogP contribution is -2.05. The number of nitrogens with zero attached hydrogens (tertiary/aromatic N) is 1. The molecule has 1 rings (SSSR count). The molecule has 1 aromatic carbocycles. The first-order valence-corrected chi connectivity index (χ1v) is 5.32. The minimum Gasteiger partial charge on any atom is -0.490 e. The monoisotopic (exact) mass is 240 g/mol.